The highest BCUT2D eigenvalue weighted by molar-refractivity contribution is 5.87. The Morgan fingerprint density at radius 2 is 2.06 bits per heavy atom. The molecular formula is C9H12F2N2O3. The van der Waals surface area contributed by atoms with Gasteiger partial charge in [-0.15, -0.1) is 0 Å². The summed E-state index contributed by atoms with van der Waals surface area (Å²) in [7, 11) is 0. The predicted octanol–water partition coefficient (Wildman–Crippen LogP) is 0.353. The zero-order chi connectivity index (χ0) is 11.8. The monoisotopic (exact) mass is 234 g/mol. The smallest absolute Gasteiger partial charge is 0.407 e. The van der Waals surface area contributed by atoms with Crippen molar-refractivity contribution >= 4 is 12.0 Å². The van der Waals surface area contributed by atoms with Crippen molar-refractivity contribution in [3.8, 4) is 0 Å². The Morgan fingerprint density at radius 3 is 2.56 bits per heavy atom. The number of carbonyl (C=O) groups excluding carboxylic acids is 2. The van der Waals surface area contributed by atoms with E-state index in [9.17, 15) is 18.4 Å². The first-order valence-corrected chi connectivity index (χ1v) is 5.08. The summed E-state index contributed by atoms with van der Waals surface area (Å²) >= 11 is 0. The van der Waals surface area contributed by atoms with Crippen LogP contribution >= 0.6 is 0 Å². The molecule has 90 valence electrons. The fourth-order valence-electron chi connectivity index (χ4n) is 1.79. The normalized spacial score (nSPS) is 28.5. The highest BCUT2D eigenvalue weighted by Crippen LogP contribution is 2.27. The summed E-state index contributed by atoms with van der Waals surface area (Å²) in [5, 5.41) is 2.33. The average Bonchev–Trinajstić information content (AvgIpc) is 2.64. The standard InChI is InChI=1S/C9H12F2N2O3/c10-9(11)1-3-13(4-2-9)7(14)6-5-16-8(15)12-6/h6H,1-5H2,(H,12,15)/t6-/m0/s1. The summed E-state index contributed by atoms with van der Waals surface area (Å²) in [5.74, 6) is -3.02. The number of ether oxygens (including phenoxy) is 1. The summed E-state index contributed by atoms with van der Waals surface area (Å²) in [6.07, 6.45) is -1.28. The van der Waals surface area contributed by atoms with E-state index >= 15 is 0 Å². The number of cyclic esters (lactones) is 1. The maximum Gasteiger partial charge on any atom is 0.407 e. The van der Waals surface area contributed by atoms with E-state index < -0.39 is 18.1 Å². The van der Waals surface area contributed by atoms with E-state index in [1.54, 1.807) is 0 Å². The van der Waals surface area contributed by atoms with Gasteiger partial charge in [0, 0.05) is 25.9 Å². The third-order valence-corrected chi connectivity index (χ3v) is 2.78. The molecule has 5 nitrogen and oxygen atoms in total. The van der Waals surface area contributed by atoms with Crippen LogP contribution in [0.5, 0.6) is 0 Å². The zero-order valence-electron chi connectivity index (χ0n) is 8.54. The summed E-state index contributed by atoms with van der Waals surface area (Å²) in [6.45, 7) is 0.0287. The number of alkyl carbamates (subject to hydrolysis) is 1. The molecule has 2 aliphatic rings. The lowest BCUT2D eigenvalue weighted by molar-refractivity contribution is -0.139. The first kappa shape index (κ1) is 11.1. The van der Waals surface area contributed by atoms with E-state index in [0.29, 0.717) is 0 Å². The molecule has 0 unspecified atom stereocenters. The lowest BCUT2D eigenvalue weighted by Gasteiger charge is -2.32. The topological polar surface area (TPSA) is 58.6 Å². The van der Waals surface area contributed by atoms with E-state index in [4.69, 9.17) is 0 Å². The molecule has 16 heavy (non-hydrogen) atoms. The van der Waals surface area contributed by atoms with Crippen LogP contribution in [0.15, 0.2) is 0 Å². The Hall–Kier alpha value is -1.40. The van der Waals surface area contributed by atoms with Gasteiger partial charge in [-0.3, -0.25) is 4.79 Å². The van der Waals surface area contributed by atoms with Gasteiger partial charge in [0.2, 0.25) is 5.91 Å². The number of amides is 2. The summed E-state index contributed by atoms with van der Waals surface area (Å²) in [4.78, 5) is 23.8. The summed E-state index contributed by atoms with van der Waals surface area (Å²) in [5.41, 5.74) is 0. The highest BCUT2D eigenvalue weighted by atomic mass is 19.3. The summed E-state index contributed by atoms with van der Waals surface area (Å²) < 4.78 is 30.3. The largest absolute Gasteiger partial charge is 0.447 e. The minimum Gasteiger partial charge on any atom is -0.447 e. The molecule has 0 aromatic heterocycles. The number of nitrogens with one attached hydrogen (secondary N) is 1. The van der Waals surface area contributed by atoms with Gasteiger partial charge in [0.25, 0.3) is 5.92 Å². The molecule has 2 saturated heterocycles. The predicted molar refractivity (Wildman–Crippen MR) is 49.0 cm³/mol. The third kappa shape index (κ3) is 2.23. The number of hydrogen-bond donors (Lipinski definition) is 1. The molecule has 2 rings (SSSR count). The average molecular weight is 234 g/mol. The molecule has 0 radical (unpaired) electrons. The van der Waals surface area contributed by atoms with Crippen LogP contribution in [0.2, 0.25) is 0 Å². The third-order valence-electron chi connectivity index (χ3n) is 2.78. The van der Waals surface area contributed by atoms with E-state index in [1.807, 2.05) is 0 Å². The second-order valence-electron chi connectivity index (χ2n) is 3.98. The van der Waals surface area contributed by atoms with Crippen molar-refractivity contribution in [1.82, 2.24) is 10.2 Å². The van der Waals surface area contributed by atoms with Crippen LogP contribution in [-0.4, -0.2) is 48.6 Å². The summed E-state index contributed by atoms with van der Waals surface area (Å²) in [6, 6.07) is -0.723. The molecule has 2 aliphatic heterocycles. The number of piperidine rings is 1. The maximum absolute atomic E-state index is 12.8. The number of nitrogens with zero attached hydrogens (tertiary/aromatic N) is 1. The first-order chi connectivity index (χ1) is 7.48. The van der Waals surface area contributed by atoms with Gasteiger partial charge in [0.15, 0.2) is 0 Å². The molecule has 0 saturated carbocycles. The fourth-order valence-corrected chi connectivity index (χ4v) is 1.79. The van der Waals surface area contributed by atoms with E-state index in [-0.39, 0.29) is 38.4 Å². The van der Waals surface area contributed by atoms with Crippen molar-refractivity contribution in [3.63, 3.8) is 0 Å². The van der Waals surface area contributed by atoms with Gasteiger partial charge in [-0.25, -0.2) is 13.6 Å². The molecular weight excluding hydrogens is 222 g/mol. The van der Waals surface area contributed by atoms with Crippen LogP contribution in [-0.2, 0) is 9.53 Å². The van der Waals surface area contributed by atoms with E-state index in [0.717, 1.165) is 0 Å². The van der Waals surface area contributed by atoms with E-state index in [2.05, 4.69) is 10.1 Å². The maximum atomic E-state index is 12.8. The van der Waals surface area contributed by atoms with Gasteiger partial charge in [0.1, 0.15) is 12.6 Å². The Labute approximate surface area is 90.7 Å². The number of likely N-dealkylation sites (tertiary alicyclic amines) is 1. The second-order valence-corrected chi connectivity index (χ2v) is 3.98. The van der Waals surface area contributed by atoms with Gasteiger partial charge < -0.3 is 15.0 Å². The Kier molecular flexibility index (Phi) is 2.69. The molecule has 2 fully saturated rings. The molecule has 2 amide bonds. The Balaban J connectivity index is 1.89. The van der Waals surface area contributed by atoms with Crippen LogP contribution < -0.4 is 5.32 Å². The van der Waals surface area contributed by atoms with Crippen molar-refractivity contribution in [2.45, 2.75) is 24.8 Å². The van der Waals surface area contributed by atoms with Crippen LogP contribution in [0, 0.1) is 0 Å². The Bertz CT molecular complexity index is 312. The molecule has 2 heterocycles. The molecule has 0 bridgehead atoms. The molecule has 1 atom stereocenters. The number of carbonyl (C=O) groups is 2. The van der Waals surface area contributed by atoms with Crippen molar-refractivity contribution in [2.75, 3.05) is 19.7 Å². The quantitative estimate of drug-likeness (QED) is 0.712. The molecule has 7 heteroatoms. The number of halogens is 2. The van der Waals surface area contributed by atoms with Crippen molar-refractivity contribution in [3.05, 3.63) is 0 Å². The van der Waals surface area contributed by atoms with Crippen LogP contribution in [0.3, 0.4) is 0 Å². The molecule has 0 aromatic rings. The van der Waals surface area contributed by atoms with Crippen LogP contribution in [0.1, 0.15) is 12.8 Å². The zero-order valence-corrected chi connectivity index (χ0v) is 8.54. The van der Waals surface area contributed by atoms with Crippen LogP contribution in [0.4, 0.5) is 13.6 Å². The van der Waals surface area contributed by atoms with Gasteiger partial charge in [-0.05, 0) is 0 Å². The van der Waals surface area contributed by atoms with E-state index in [1.165, 1.54) is 4.90 Å². The van der Waals surface area contributed by atoms with Crippen molar-refractivity contribution in [1.29, 1.82) is 0 Å². The molecule has 0 aromatic carbocycles. The van der Waals surface area contributed by atoms with Gasteiger partial charge in [-0.2, -0.15) is 0 Å². The number of alkyl halides is 2. The fraction of sp³-hybridized carbons (Fsp3) is 0.778. The van der Waals surface area contributed by atoms with Crippen LogP contribution in [0.25, 0.3) is 0 Å². The minimum atomic E-state index is -2.67. The second kappa shape index (κ2) is 3.88. The van der Waals surface area contributed by atoms with Gasteiger partial charge >= 0.3 is 6.09 Å². The number of hydrogen-bond acceptors (Lipinski definition) is 3. The molecule has 0 spiro atoms. The highest BCUT2D eigenvalue weighted by Gasteiger charge is 2.39. The number of rotatable bonds is 1. The molecule has 0 aliphatic carbocycles. The lowest BCUT2D eigenvalue weighted by Crippen LogP contribution is -2.50. The lowest BCUT2D eigenvalue weighted by atomic mass is 10.1. The molecule has 1 N–H and O–H groups in total. The SMILES string of the molecule is O=C1N[C@H](C(=O)N2CCC(F)(F)CC2)CO1. The van der Waals surface area contributed by atoms with Crippen molar-refractivity contribution < 1.29 is 23.1 Å². The van der Waals surface area contributed by atoms with Crippen molar-refractivity contribution in [2.24, 2.45) is 0 Å². The van der Waals surface area contributed by atoms with Gasteiger partial charge in [-0.1, -0.05) is 0 Å². The minimum absolute atomic E-state index is 0.0233. The van der Waals surface area contributed by atoms with Gasteiger partial charge in [0.05, 0.1) is 0 Å². The Morgan fingerprint density at radius 1 is 1.44 bits per heavy atom. The first-order valence-electron chi connectivity index (χ1n) is 5.08.